The van der Waals surface area contributed by atoms with Crippen molar-refractivity contribution >= 4 is 27.5 Å². The average molecular weight is 181 g/mol. The van der Waals surface area contributed by atoms with E-state index in [1.165, 1.54) is 15.9 Å². The van der Waals surface area contributed by atoms with Crippen LogP contribution in [0.4, 0.5) is 5.95 Å². The summed E-state index contributed by atoms with van der Waals surface area (Å²) in [5, 5.41) is 1.83. The first-order valence-corrected chi connectivity index (χ1v) is 4.28. The van der Waals surface area contributed by atoms with Gasteiger partial charge in [0.1, 0.15) is 4.70 Å². The Bertz CT molecular complexity index is 485. The molecule has 0 aliphatic heterocycles. The highest BCUT2D eigenvalue weighted by Gasteiger charge is 2.05. The van der Waals surface area contributed by atoms with Crippen LogP contribution in [0, 0.1) is 0 Å². The third kappa shape index (κ3) is 0.831. The minimum Gasteiger partial charge on any atom is -0.369 e. The summed E-state index contributed by atoms with van der Waals surface area (Å²) in [5.74, 6) is 0.255. The van der Waals surface area contributed by atoms with E-state index in [4.69, 9.17) is 5.73 Å². The summed E-state index contributed by atoms with van der Waals surface area (Å²) in [6, 6.07) is 1.79. The number of fused-ring (bicyclic) bond motifs is 1. The first-order valence-electron chi connectivity index (χ1n) is 3.40. The maximum Gasteiger partial charge on any atom is 0.272 e. The van der Waals surface area contributed by atoms with Gasteiger partial charge in [0.15, 0.2) is 0 Å². The van der Waals surface area contributed by atoms with Crippen LogP contribution in [0.15, 0.2) is 16.2 Å². The molecule has 0 saturated heterocycles. The molecule has 0 aliphatic carbocycles. The van der Waals surface area contributed by atoms with E-state index in [1.807, 2.05) is 5.38 Å². The highest BCUT2D eigenvalue weighted by Crippen LogP contribution is 2.14. The van der Waals surface area contributed by atoms with Crippen molar-refractivity contribution in [2.24, 2.45) is 7.05 Å². The molecule has 0 atom stereocenters. The van der Waals surface area contributed by atoms with Crippen LogP contribution in [0.2, 0.25) is 0 Å². The molecule has 0 unspecified atom stereocenters. The van der Waals surface area contributed by atoms with Crippen molar-refractivity contribution in [2.75, 3.05) is 5.73 Å². The van der Waals surface area contributed by atoms with Crippen molar-refractivity contribution in [2.45, 2.75) is 0 Å². The summed E-state index contributed by atoms with van der Waals surface area (Å²) in [5.41, 5.74) is 6.11. The number of nitrogen functional groups attached to an aromatic ring is 1. The van der Waals surface area contributed by atoms with Gasteiger partial charge in [-0.05, 0) is 11.4 Å². The fraction of sp³-hybridized carbons (Fsp3) is 0.143. The van der Waals surface area contributed by atoms with E-state index in [2.05, 4.69) is 4.98 Å². The van der Waals surface area contributed by atoms with Crippen LogP contribution in [-0.4, -0.2) is 9.55 Å². The maximum absolute atomic E-state index is 11.5. The average Bonchev–Trinajstić information content (AvgIpc) is 2.48. The van der Waals surface area contributed by atoms with Gasteiger partial charge >= 0.3 is 0 Å². The number of aromatic nitrogens is 2. The molecular formula is C7H7N3OS. The quantitative estimate of drug-likeness (QED) is 0.646. The number of anilines is 1. The van der Waals surface area contributed by atoms with E-state index in [0.29, 0.717) is 10.2 Å². The Hall–Kier alpha value is -1.36. The molecule has 0 saturated carbocycles. The van der Waals surface area contributed by atoms with Gasteiger partial charge in [-0.15, -0.1) is 11.3 Å². The number of hydrogen-bond acceptors (Lipinski definition) is 4. The first-order chi connectivity index (χ1) is 5.70. The molecule has 0 fully saturated rings. The van der Waals surface area contributed by atoms with Gasteiger partial charge in [-0.1, -0.05) is 0 Å². The molecule has 0 spiro atoms. The predicted molar refractivity (Wildman–Crippen MR) is 49.3 cm³/mol. The maximum atomic E-state index is 11.5. The molecule has 2 rings (SSSR count). The van der Waals surface area contributed by atoms with Crippen molar-refractivity contribution in [3.05, 3.63) is 21.8 Å². The number of nitrogens with two attached hydrogens (primary N) is 1. The summed E-state index contributed by atoms with van der Waals surface area (Å²) < 4.78 is 2.01. The van der Waals surface area contributed by atoms with E-state index >= 15 is 0 Å². The van der Waals surface area contributed by atoms with Crippen molar-refractivity contribution in [3.63, 3.8) is 0 Å². The van der Waals surface area contributed by atoms with Gasteiger partial charge in [0, 0.05) is 7.05 Å². The fourth-order valence-electron chi connectivity index (χ4n) is 1.01. The normalized spacial score (nSPS) is 10.8. The minimum atomic E-state index is -0.0764. The second kappa shape index (κ2) is 2.31. The van der Waals surface area contributed by atoms with Crippen LogP contribution in [0.25, 0.3) is 10.2 Å². The second-order valence-corrected chi connectivity index (χ2v) is 3.39. The van der Waals surface area contributed by atoms with Crippen molar-refractivity contribution in [1.82, 2.24) is 9.55 Å². The highest BCUT2D eigenvalue weighted by atomic mass is 32.1. The van der Waals surface area contributed by atoms with Crippen molar-refractivity contribution < 1.29 is 0 Å². The van der Waals surface area contributed by atoms with Gasteiger partial charge in [0.25, 0.3) is 5.56 Å². The predicted octanol–water partition coefficient (Wildman–Crippen LogP) is 0.577. The van der Waals surface area contributed by atoms with Crippen molar-refractivity contribution in [3.8, 4) is 0 Å². The lowest BCUT2D eigenvalue weighted by molar-refractivity contribution is 0.864. The van der Waals surface area contributed by atoms with Crippen molar-refractivity contribution in [1.29, 1.82) is 0 Å². The van der Waals surface area contributed by atoms with Crippen LogP contribution in [0.3, 0.4) is 0 Å². The van der Waals surface area contributed by atoms with E-state index in [9.17, 15) is 4.79 Å². The van der Waals surface area contributed by atoms with Crippen LogP contribution in [0.5, 0.6) is 0 Å². The molecule has 0 aromatic carbocycles. The van der Waals surface area contributed by atoms with Crippen LogP contribution >= 0.6 is 11.3 Å². The molecule has 0 aliphatic rings. The summed E-state index contributed by atoms with van der Waals surface area (Å²) >= 11 is 1.39. The minimum absolute atomic E-state index is 0.0764. The van der Waals surface area contributed by atoms with Crippen LogP contribution in [-0.2, 0) is 7.05 Å². The first kappa shape index (κ1) is 7.30. The summed E-state index contributed by atoms with van der Waals surface area (Å²) in [6.45, 7) is 0. The number of thiophene rings is 1. The lowest BCUT2D eigenvalue weighted by Gasteiger charge is -2.00. The van der Waals surface area contributed by atoms with Gasteiger partial charge in [-0.2, -0.15) is 0 Å². The SMILES string of the molecule is Cn1c(N)nc2ccsc2c1=O. The van der Waals surface area contributed by atoms with E-state index in [0.717, 1.165) is 0 Å². The van der Waals surface area contributed by atoms with E-state index < -0.39 is 0 Å². The van der Waals surface area contributed by atoms with Crippen LogP contribution < -0.4 is 11.3 Å². The van der Waals surface area contributed by atoms with Gasteiger partial charge in [0.05, 0.1) is 5.52 Å². The number of hydrogen-bond donors (Lipinski definition) is 1. The zero-order chi connectivity index (χ0) is 8.72. The zero-order valence-electron chi connectivity index (χ0n) is 6.44. The molecule has 2 N–H and O–H groups in total. The molecule has 0 radical (unpaired) electrons. The molecule has 4 nitrogen and oxygen atoms in total. The smallest absolute Gasteiger partial charge is 0.272 e. The second-order valence-electron chi connectivity index (χ2n) is 2.47. The monoisotopic (exact) mass is 181 g/mol. The standard InChI is InChI=1S/C7H7N3OS/c1-10-6(11)5-4(2-3-12-5)9-7(10)8/h2-3H,1H3,(H2,8,9). The Kier molecular flexibility index (Phi) is 1.41. The Morgan fingerprint density at radius 2 is 2.42 bits per heavy atom. The Labute approximate surface area is 72.3 Å². The Morgan fingerprint density at radius 1 is 1.67 bits per heavy atom. The summed E-state index contributed by atoms with van der Waals surface area (Å²) in [7, 11) is 1.61. The fourth-order valence-corrected chi connectivity index (χ4v) is 1.81. The topological polar surface area (TPSA) is 60.9 Å². The van der Waals surface area contributed by atoms with Gasteiger partial charge in [0.2, 0.25) is 5.95 Å². The lowest BCUT2D eigenvalue weighted by atomic mass is 10.5. The summed E-state index contributed by atoms with van der Waals surface area (Å²) in [4.78, 5) is 15.5. The molecular weight excluding hydrogens is 174 g/mol. The van der Waals surface area contributed by atoms with Gasteiger partial charge < -0.3 is 5.73 Å². The number of nitrogens with zero attached hydrogens (tertiary/aromatic N) is 2. The third-order valence-corrected chi connectivity index (χ3v) is 2.61. The van der Waals surface area contributed by atoms with Crippen LogP contribution in [0.1, 0.15) is 0 Å². The number of rotatable bonds is 0. The largest absolute Gasteiger partial charge is 0.369 e. The molecule has 12 heavy (non-hydrogen) atoms. The summed E-state index contributed by atoms with van der Waals surface area (Å²) in [6.07, 6.45) is 0. The third-order valence-electron chi connectivity index (χ3n) is 1.72. The van der Waals surface area contributed by atoms with E-state index in [1.54, 1.807) is 13.1 Å². The molecule has 62 valence electrons. The Morgan fingerprint density at radius 3 is 3.17 bits per heavy atom. The lowest BCUT2D eigenvalue weighted by Crippen LogP contribution is -2.20. The molecule has 5 heteroatoms. The van der Waals surface area contributed by atoms with Gasteiger partial charge in [-0.25, -0.2) is 4.98 Å². The zero-order valence-corrected chi connectivity index (χ0v) is 7.26. The van der Waals surface area contributed by atoms with E-state index in [-0.39, 0.29) is 11.5 Å². The highest BCUT2D eigenvalue weighted by molar-refractivity contribution is 7.17. The molecule has 2 aromatic heterocycles. The molecule has 2 aromatic rings. The molecule has 0 bridgehead atoms. The molecule has 2 heterocycles. The molecule has 0 amide bonds. The Balaban J connectivity index is 3.05. The van der Waals surface area contributed by atoms with Gasteiger partial charge in [-0.3, -0.25) is 9.36 Å².